The van der Waals surface area contributed by atoms with Gasteiger partial charge in [-0.05, 0) is 30.4 Å². The molecule has 0 bridgehead atoms. The van der Waals surface area contributed by atoms with Crippen LogP contribution in [-0.4, -0.2) is 57.1 Å². The van der Waals surface area contributed by atoms with Crippen molar-refractivity contribution < 1.29 is 9.53 Å². The van der Waals surface area contributed by atoms with Gasteiger partial charge in [-0.1, -0.05) is 48.2 Å². The fourth-order valence-corrected chi connectivity index (χ4v) is 4.45. The summed E-state index contributed by atoms with van der Waals surface area (Å²) in [5.41, 5.74) is 2.26. The van der Waals surface area contributed by atoms with Crippen molar-refractivity contribution in [1.82, 2.24) is 19.7 Å². The summed E-state index contributed by atoms with van der Waals surface area (Å²) < 4.78 is 7.19. The van der Waals surface area contributed by atoms with Crippen LogP contribution in [0.25, 0.3) is 5.57 Å². The summed E-state index contributed by atoms with van der Waals surface area (Å²) in [4.78, 5) is 26.5. The van der Waals surface area contributed by atoms with Gasteiger partial charge in [0.1, 0.15) is 0 Å². The molecule has 0 unspecified atom stereocenters. The van der Waals surface area contributed by atoms with Gasteiger partial charge in [-0.2, -0.15) is 0 Å². The Bertz CT molecular complexity index is 900. The Labute approximate surface area is 167 Å². The zero-order chi connectivity index (χ0) is 19.3. The van der Waals surface area contributed by atoms with Gasteiger partial charge < -0.3 is 9.64 Å². The SMILES string of the molecule is O=C(CSc1n[nH]c(=O)n1C[C@@H]1CCCO1)N1CC=C(c2ccccc2)CC1. The van der Waals surface area contributed by atoms with Crippen molar-refractivity contribution in [3.8, 4) is 0 Å². The average molecular weight is 401 g/mol. The first-order valence-electron chi connectivity index (χ1n) is 9.62. The number of nitrogens with one attached hydrogen (secondary N) is 1. The van der Waals surface area contributed by atoms with Gasteiger partial charge in [-0.3, -0.25) is 9.36 Å². The third-order valence-electron chi connectivity index (χ3n) is 5.16. The number of aromatic nitrogens is 3. The summed E-state index contributed by atoms with van der Waals surface area (Å²) in [6, 6.07) is 10.3. The van der Waals surface area contributed by atoms with Crippen LogP contribution in [0.2, 0.25) is 0 Å². The standard InChI is InChI=1S/C20H24N4O3S/c25-18(23-10-8-16(9-11-23)15-5-2-1-3-6-15)14-28-20-22-21-19(26)24(20)13-17-7-4-12-27-17/h1-3,5-6,8,17H,4,7,9-14H2,(H,21,26)/t17-/m0/s1. The number of carbonyl (C=O) groups excluding carboxylic acids is 1. The molecule has 1 saturated heterocycles. The Morgan fingerprint density at radius 1 is 1.32 bits per heavy atom. The Morgan fingerprint density at radius 3 is 2.89 bits per heavy atom. The molecule has 1 N–H and O–H groups in total. The van der Waals surface area contributed by atoms with Crippen LogP contribution in [0.3, 0.4) is 0 Å². The number of amides is 1. The molecule has 0 aliphatic carbocycles. The smallest absolute Gasteiger partial charge is 0.344 e. The molecule has 2 aliphatic rings. The maximum absolute atomic E-state index is 12.6. The monoisotopic (exact) mass is 400 g/mol. The summed E-state index contributed by atoms with van der Waals surface area (Å²) in [5.74, 6) is 0.331. The molecule has 4 rings (SSSR count). The fourth-order valence-electron chi connectivity index (χ4n) is 3.59. The molecule has 1 aromatic carbocycles. The van der Waals surface area contributed by atoms with Crippen LogP contribution >= 0.6 is 11.8 Å². The maximum atomic E-state index is 12.6. The molecule has 2 aliphatic heterocycles. The first-order chi connectivity index (χ1) is 13.7. The summed E-state index contributed by atoms with van der Waals surface area (Å²) in [5, 5.41) is 7.11. The summed E-state index contributed by atoms with van der Waals surface area (Å²) >= 11 is 1.30. The van der Waals surface area contributed by atoms with Gasteiger partial charge in [0.15, 0.2) is 5.16 Å². The summed E-state index contributed by atoms with van der Waals surface area (Å²) in [7, 11) is 0. The number of benzene rings is 1. The van der Waals surface area contributed by atoms with E-state index < -0.39 is 0 Å². The van der Waals surface area contributed by atoms with E-state index >= 15 is 0 Å². The molecule has 1 atom stereocenters. The van der Waals surface area contributed by atoms with E-state index in [1.165, 1.54) is 22.9 Å². The summed E-state index contributed by atoms with van der Waals surface area (Å²) in [6.45, 7) is 2.56. The second kappa shape index (κ2) is 8.79. The van der Waals surface area contributed by atoms with Crippen molar-refractivity contribution >= 4 is 23.2 Å². The van der Waals surface area contributed by atoms with Gasteiger partial charge in [0.25, 0.3) is 0 Å². The zero-order valence-corrected chi connectivity index (χ0v) is 16.5. The maximum Gasteiger partial charge on any atom is 0.344 e. The van der Waals surface area contributed by atoms with Crippen LogP contribution in [0.5, 0.6) is 0 Å². The highest BCUT2D eigenvalue weighted by Crippen LogP contribution is 2.23. The molecule has 0 saturated carbocycles. The van der Waals surface area contributed by atoms with E-state index in [-0.39, 0.29) is 23.5 Å². The lowest BCUT2D eigenvalue weighted by molar-refractivity contribution is -0.127. The second-order valence-corrected chi connectivity index (χ2v) is 7.97. The predicted molar refractivity (Wildman–Crippen MR) is 108 cm³/mol. The molecular formula is C20H24N4O3S. The topological polar surface area (TPSA) is 80.2 Å². The van der Waals surface area contributed by atoms with Crippen molar-refractivity contribution in [2.24, 2.45) is 0 Å². The molecule has 3 heterocycles. The number of carbonyl (C=O) groups is 1. The molecule has 28 heavy (non-hydrogen) atoms. The van der Waals surface area contributed by atoms with Crippen molar-refractivity contribution in [3.63, 3.8) is 0 Å². The molecule has 1 aromatic heterocycles. The highest BCUT2D eigenvalue weighted by Gasteiger charge is 2.22. The Hall–Kier alpha value is -2.32. The molecule has 148 valence electrons. The van der Waals surface area contributed by atoms with Crippen molar-refractivity contribution in [3.05, 3.63) is 52.5 Å². The fraction of sp³-hybridized carbons (Fsp3) is 0.450. The van der Waals surface area contributed by atoms with Gasteiger partial charge in [0.2, 0.25) is 5.91 Å². The number of hydrogen-bond acceptors (Lipinski definition) is 5. The Kier molecular flexibility index (Phi) is 5.97. The van der Waals surface area contributed by atoms with Gasteiger partial charge in [0.05, 0.1) is 18.4 Å². The molecule has 8 heteroatoms. The Morgan fingerprint density at radius 2 is 2.18 bits per heavy atom. The number of nitrogens with zero attached hydrogens (tertiary/aromatic N) is 3. The van der Waals surface area contributed by atoms with Crippen molar-refractivity contribution in [1.29, 1.82) is 0 Å². The lowest BCUT2D eigenvalue weighted by Gasteiger charge is -2.26. The van der Waals surface area contributed by atoms with E-state index in [4.69, 9.17) is 4.74 Å². The van der Waals surface area contributed by atoms with Crippen LogP contribution in [0.1, 0.15) is 24.8 Å². The van der Waals surface area contributed by atoms with Crippen LogP contribution in [-0.2, 0) is 16.1 Å². The van der Waals surface area contributed by atoms with E-state index in [1.54, 1.807) is 4.57 Å². The number of hydrogen-bond donors (Lipinski definition) is 1. The molecule has 1 amide bonds. The zero-order valence-electron chi connectivity index (χ0n) is 15.7. The Balaban J connectivity index is 1.33. The minimum atomic E-state index is -0.251. The predicted octanol–water partition coefficient (Wildman–Crippen LogP) is 2.16. The van der Waals surface area contributed by atoms with Crippen LogP contribution in [0.15, 0.2) is 46.4 Å². The highest BCUT2D eigenvalue weighted by molar-refractivity contribution is 7.99. The molecule has 7 nitrogen and oxygen atoms in total. The van der Waals surface area contributed by atoms with E-state index in [1.807, 2.05) is 23.1 Å². The second-order valence-electron chi connectivity index (χ2n) is 7.03. The van der Waals surface area contributed by atoms with Gasteiger partial charge >= 0.3 is 5.69 Å². The van der Waals surface area contributed by atoms with E-state index in [2.05, 4.69) is 28.4 Å². The lowest BCUT2D eigenvalue weighted by atomic mass is 10.00. The van der Waals surface area contributed by atoms with Gasteiger partial charge in [-0.25, -0.2) is 9.89 Å². The average Bonchev–Trinajstić information content (AvgIpc) is 3.38. The number of thioether (sulfide) groups is 1. The molecule has 0 radical (unpaired) electrons. The van der Waals surface area contributed by atoms with E-state index in [9.17, 15) is 9.59 Å². The van der Waals surface area contributed by atoms with Gasteiger partial charge in [0, 0.05) is 19.7 Å². The quantitative estimate of drug-likeness (QED) is 0.752. The normalized spacial score (nSPS) is 19.6. The van der Waals surface area contributed by atoms with Gasteiger partial charge in [-0.15, -0.1) is 5.10 Å². The minimum absolute atomic E-state index is 0.0500. The first-order valence-corrected chi connectivity index (χ1v) is 10.6. The third kappa shape index (κ3) is 4.39. The summed E-state index contributed by atoms with van der Waals surface area (Å²) in [6.07, 6.45) is 5.00. The van der Waals surface area contributed by atoms with Crippen molar-refractivity contribution in [2.75, 3.05) is 25.4 Å². The van der Waals surface area contributed by atoms with Crippen LogP contribution in [0.4, 0.5) is 0 Å². The number of H-pyrrole nitrogens is 1. The molecule has 1 fully saturated rings. The molecule has 2 aromatic rings. The number of aromatic amines is 1. The van der Waals surface area contributed by atoms with Crippen LogP contribution in [0, 0.1) is 0 Å². The molecule has 0 spiro atoms. The molecular weight excluding hydrogens is 376 g/mol. The van der Waals surface area contributed by atoms with E-state index in [0.717, 1.165) is 25.9 Å². The first kappa shape index (κ1) is 19.0. The number of ether oxygens (including phenoxy) is 1. The third-order valence-corrected chi connectivity index (χ3v) is 6.13. The largest absolute Gasteiger partial charge is 0.376 e. The highest BCUT2D eigenvalue weighted by atomic mass is 32.2. The van der Waals surface area contributed by atoms with Crippen LogP contribution < -0.4 is 5.69 Å². The minimum Gasteiger partial charge on any atom is -0.376 e. The van der Waals surface area contributed by atoms with E-state index in [0.29, 0.717) is 24.8 Å². The van der Waals surface area contributed by atoms with Crippen molar-refractivity contribution in [2.45, 2.75) is 37.1 Å². The number of rotatable bonds is 6. The lowest BCUT2D eigenvalue weighted by Crippen LogP contribution is -2.36.